The Bertz CT molecular complexity index is 335. The Labute approximate surface area is 75.6 Å². The van der Waals surface area contributed by atoms with E-state index in [1.54, 1.807) is 25.1 Å². The van der Waals surface area contributed by atoms with Crippen molar-refractivity contribution in [2.24, 2.45) is 0 Å². The van der Waals surface area contributed by atoms with Crippen LogP contribution in [-0.2, 0) is 15.7 Å². The van der Waals surface area contributed by atoms with E-state index in [9.17, 15) is 4.57 Å². The molecule has 0 saturated heterocycles. The lowest BCUT2D eigenvalue weighted by molar-refractivity contribution is 0.187. The summed E-state index contributed by atoms with van der Waals surface area (Å²) in [5.74, 6) is 0. The maximum Gasteiger partial charge on any atom is 0.469 e. The number of hydrogen-bond donors (Lipinski definition) is 2. The van der Waals surface area contributed by atoms with Crippen molar-refractivity contribution >= 4 is 7.82 Å². The van der Waals surface area contributed by atoms with Gasteiger partial charge in [-0.25, -0.2) is 4.57 Å². The number of rotatable bonds is 3. The van der Waals surface area contributed by atoms with Crippen molar-refractivity contribution in [1.82, 2.24) is 4.98 Å². The molecule has 0 aliphatic rings. The van der Waals surface area contributed by atoms with Gasteiger partial charge >= 0.3 is 7.82 Å². The molecule has 5 nitrogen and oxygen atoms in total. The minimum Gasteiger partial charge on any atom is -0.303 e. The van der Waals surface area contributed by atoms with Crippen LogP contribution in [0.25, 0.3) is 0 Å². The van der Waals surface area contributed by atoms with Gasteiger partial charge in [-0.15, -0.1) is 0 Å². The third-order valence-electron chi connectivity index (χ3n) is 1.33. The van der Waals surface area contributed by atoms with Gasteiger partial charge in [-0.2, -0.15) is 0 Å². The summed E-state index contributed by atoms with van der Waals surface area (Å²) in [6.45, 7) is 1.62. The lowest BCUT2D eigenvalue weighted by Crippen LogP contribution is -1.94. The van der Waals surface area contributed by atoms with Gasteiger partial charge in [0.25, 0.3) is 0 Å². The Balaban J connectivity index is 2.60. The normalized spacial score (nSPS) is 11.6. The highest BCUT2D eigenvalue weighted by atomic mass is 31.2. The molecule has 0 aromatic carbocycles. The highest BCUT2D eigenvalue weighted by molar-refractivity contribution is 7.46. The SMILES string of the molecule is Cc1cccc(COP(=O)(O)O)n1. The second-order valence-electron chi connectivity index (χ2n) is 2.53. The predicted octanol–water partition coefficient (Wildman–Crippen LogP) is 0.999. The summed E-state index contributed by atoms with van der Waals surface area (Å²) in [4.78, 5) is 20.8. The smallest absolute Gasteiger partial charge is 0.303 e. The van der Waals surface area contributed by atoms with Crippen molar-refractivity contribution in [3.8, 4) is 0 Å². The molecule has 1 heterocycles. The van der Waals surface area contributed by atoms with Gasteiger partial charge in [-0.05, 0) is 19.1 Å². The fraction of sp³-hybridized carbons (Fsp3) is 0.286. The monoisotopic (exact) mass is 203 g/mol. The predicted molar refractivity (Wildman–Crippen MR) is 45.8 cm³/mol. The van der Waals surface area contributed by atoms with Crippen molar-refractivity contribution < 1.29 is 18.9 Å². The summed E-state index contributed by atoms with van der Waals surface area (Å²) in [7, 11) is -4.39. The average Bonchev–Trinajstić information content (AvgIpc) is 2.00. The second-order valence-corrected chi connectivity index (χ2v) is 3.77. The molecule has 13 heavy (non-hydrogen) atoms. The molecule has 0 atom stereocenters. The molecule has 0 aliphatic heterocycles. The molecule has 1 aromatic heterocycles. The number of phosphoric acid groups is 1. The molecule has 0 amide bonds. The van der Waals surface area contributed by atoms with Crippen LogP contribution in [0.2, 0.25) is 0 Å². The maximum absolute atomic E-state index is 10.3. The number of hydrogen-bond acceptors (Lipinski definition) is 3. The van der Waals surface area contributed by atoms with Crippen molar-refractivity contribution in [2.75, 3.05) is 0 Å². The van der Waals surface area contributed by atoms with Crippen LogP contribution in [0.4, 0.5) is 0 Å². The second kappa shape index (κ2) is 3.98. The van der Waals surface area contributed by atoms with E-state index in [1.807, 2.05) is 0 Å². The molecule has 2 N–H and O–H groups in total. The number of aromatic nitrogens is 1. The van der Waals surface area contributed by atoms with Crippen LogP contribution < -0.4 is 0 Å². The Morgan fingerprint density at radius 3 is 2.77 bits per heavy atom. The molecule has 0 aliphatic carbocycles. The standard InChI is InChI=1S/C7H10NO4P/c1-6-3-2-4-7(8-6)5-12-13(9,10)11/h2-4H,5H2,1H3,(H2,9,10,11). The Hall–Kier alpha value is -0.740. The van der Waals surface area contributed by atoms with Crippen LogP contribution in [0, 0.1) is 6.92 Å². The van der Waals surface area contributed by atoms with Crippen LogP contribution in [0.3, 0.4) is 0 Å². The first-order chi connectivity index (χ1) is 5.97. The van der Waals surface area contributed by atoms with E-state index in [1.165, 1.54) is 0 Å². The fourth-order valence-electron chi connectivity index (χ4n) is 0.830. The van der Waals surface area contributed by atoms with E-state index >= 15 is 0 Å². The van der Waals surface area contributed by atoms with Crippen molar-refractivity contribution in [3.05, 3.63) is 29.6 Å². The summed E-state index contributed by atoms with van der Waals surface area (Å²) in [6, 6.07) is 5.18. The minimum absolute atomic E-state index is 0.175. The fourth-order valence-corrected chi connectivity index (χ4v) is 1.13. The maximum atomic E-state index is 10.3. The van der Waals surface area contributed by atoms with E-state index in [4.69, 9.17) is 9.79 Å². The number of nitrogens with zero attached hydrogens (tertiary/aromatic N) is 1. The van der Waals surface area contributed by atoms with Gasteiger partial charge in [0.15, 0.2) is 0 Å². The zero-order valence-corrected chi connectivity index (χ0v) is 7.94. The largest absolute Gasteiger partial charge is 0.469 e. The van der Waals surface area contributed by atoms with Crippen LogP contribution in [0.15, 0.2) is 18.2 Å². The quantitative estimate of drug-likeness (QED) is 0.716. The van der Waals surface area contributed by atoms with Crippen LogP contribution >= 0.6 is 7.82 Å². The molecule has 0 fully saturated rings. The highest BCUT2D eigenvalue weighted by Crippen LogP contribution is 2.36. The molecule has 1 aromatic rings. The zero-order chi connectivity index (χ0) is 9.90. The topological polar surface area (TPSA) is 79.7 Å². The first-order valence-electron chi connectivity index (χ1n) is 3.60. The van der Waals surface area contributed by atoms with Gasteiger partial charge in [0.1, 0.15) is 6.61 Å². The van der Waals surface area contributed by atoms with E-state index in [-0.39, 0.29) is 6.61 Å². The van der Waals surface area contributed by atoms with Crippen LogP contribution in [-0.4, -0.2) is 14.8 Å². The van der Waals surface area contributed by atoms with Crippen molar-refractivity contribution in [3.63, 3.8) is 0 Å². The molecule has 0 radical (unpaired) electrons. The van der Waals surface area contributed by atoms with E-state index in [0.29, 0.717) is 5.69 Å². The molecule has 6 heteroatoms. The molecule has 0 spiro atoms. The molecular formula is C7H10NO4P. The summed E-state index contributed by atoms with van der Waals surface area (Å²) in [6.07, 6.45) is 0. The van der Waals surface area contributed by atoms with E-state index in [0.717, 1.165) is 5.69 Å². The van der Waals surface area contributed by atoms with Gasteiger partial charge in [0.05, 0.1) is 5.69 Å². The number of pyridine rings is 1. The Kier molecular flexibility index (Phi) is 3.17. The number of aryl methyl sites for hydroxylation is 1. The third kappa shape index (κ3) is 4.15. The van der Waals surface area contributed by atoms with Crippen molar-refractivity contribution in [2.45, 2.75) is 13.5 Å². The summed E-state index contributed by atoms with van der Waals surface area (Å²) in [5.41, 5.74) is 1.29. The molecule has 0 saturated carbocycles. The van der Waals surface area contributed by atoms with Gasteiger partial charge < -0.3 is 9.79 Å². The van der Waals surface area contributed by atoms with Crippen LogP contribution in [0.5, 0.6) is 0 Å². The average molecular weight is 203 g/mol. The zero-order valence-electron chi connectivity index (χ0n) is 7.04. The van der Waals surface area contributed by atoms with Crippen LogP contribution in [0.1, 0.15) is 11.4 Å². The highest BCUT2D eigenvalue weighted by Gasteiger charge is 2.13. The van der Waals surface area contributed by atoms with E-state index in [2.05, 4.69) is 9.51 Å². The van der Waals surface area contributed by atoms with Gasteiger partial charge in [0.2, 0.25) is 0 Å². The van der Waals surface area contributed by atoms with Gasteiger partial charge in [-0.1, -0.05) is 6.07 Å². The minimum atomic E-state index is -4.39. The summed E-state index contributed by atoms with van der Waals surface area (Å²) >= 11 is 0. The summed E-state index contributed by atoms with van der Waals surface area (Å²) in [5, 5.41) is 0. The molecule has 72 valence electrons. The first-order valence-corrected chi connectivity index (χ1v) is 5.13. The third-order valence-corrected chi connectivity index (χ3v) is 1.79. The number of phosphoric ester groups is 1. The molecule has 0 unspecified atom stereocenters. The molecule has 0 bridgehead atoms. The first kappa shape index (κ1) is 10.3. The summed E-state index contributed by atoms with van der Waals surface area (Å²) < 4.78 is 14.6. The molecular weight excluding hydrogens is 193 g/mol. The van der Waals surface area contributed by atoms with E-state index < -0.39 is 7.82 Å². The lowest BCUT2D eigenvalue weighted by Gasteiger charge is -2.04. The van der Waals surface area contributed by atoms with Gasteiger partial charge in [-0.3, -0.25) is 9.51 Å². The lowest BCUT2D eigenvalue weighted by atomic mass is 10.3. The van der Waals surface area contributed by atoms with Crippen molar-refractivity contribution in [1.29, 1.82) is 0 Å². The Morgan fingerprint density at radius 1 is 1.54 bits per heavy atom. The van der Waals surface area contributed by atoms with Gasteiger partial charge in [0, 0.05) is 5.69 Å². The molecule has 1 rings (SSSR count). The Morgan fingerprint density at radius 2 is 2.23 bits per heavy atom.